The number of hydrogen-bond acceptors (Lipinski definition) is 3. The Morgan fingerprint density at radius 3 is 2.73 bits per heavy atom. The van der Waals surface area contributed by atoms with Crippen LogP contribution in [0.3, 0.4) is 0 Å². The number of hydrogen-bond donors (Lipinski definition) is 0. The highest BCUT2D eigenvalue weighted by Gasteiger charge is 2.09. The smallest absolute Gasteiger partial charge is 0.151 e. The zero-order valence-electron chi connectivity index (χ0n) is 9.43. The van der Waals surface area contributed by atoms with Crippen LogP contribution in [0.4, 0.5) is 0 Å². The average Bonchev–Trinajstić information content (AvgIpc) is 2.25. The molecule has 0 amide bonds. The van der Waals surface area contributed by atoms with Crippen LogP contribution >= 0.6 is 0 Å². The lowest BCUT2D eigenvalue weighted by Crippen LogP contribution is -2.32. The molecule has 0 heterocycles. The molecule has 0 N–H and O–H groups in total. The van der Waals surface area contributed by atoms with Crippen LogP contribution in [0.5, 0.6) is 5.75 Å². The summed E-state index contributed by atoms with van der Waals surface area (Å²) in [6.07, 6.45) is 1.77. The number of ether oxygens (including phenoxy) is 1. The number of benzene rings is 1. The van der Waals surface area contributed by atoms with E-state index in [0.717, 1.165) is 18.5 Å². The van der Waals surface area contributed by atoms with Gasteiger partial charge >= 0.3 is 0 Å². The molecule has 0 aromatic heterocycles. The molecule has 0 fully saturated rings. The molecule has 0 saturated carbocycles. The molecule has 15 heavy (non-hydrogen) atoms. The molecule has 3 heteroatoms. The van der Waals surface area contributed by atoms with Crippen molar-refractivity contribution in [2.24, 2.45) is 0 Å². The summed E-state index contributed by atoms with van der Waals surface area (Å²) in [5.41, 5.74) is 0.640. The van der Waals surface area contributed by atoms with Gasteiger partial charge < -0.3 is 4.74 Å². The number of aldehydes is 1. The van der Waals surface area contributed by atoms with Crippen LogP contribution in [0.15, 0.2) is 24.3 Å². The predicted octanol–water partition coefficient (Wildman–Crippen LogP) is 2.18. The van der Waals surface area contributed by atoms with Gasteiger partial charge in [-0.15, -0.1) is 0 Å². The summed E-state index contributed by atoms with van der Waals surface area (Å²) in [5, 5.41) is 0. The van der Waals surface area contributed by atoms with Crippen LogP contribution in [0, 0.1) is 0 Å². The topological polar surface area (TPSA) is 29.5 Å². The van der Waals surface area contributed by atoms with E-state index in [1.54, 1.807) is 12.1 Å². The summed E-state index contributed by atoms with van der Waals surface area (Å²) in [6, 6.07) is 7.19. The molecule has 0 aliphatic rings. The maximum atomic E-state index is 10.6. The molecule has 1 rings (SSSR count). The lowest BCUT2D eigenvalue weighted by Gasteiger charge is -2.24. The first-order valence-corrected chi connectivity index (χ1v) is 5.05. The molecule has 0 aliphatic carbocycles. The fraction of sp³-hybridized carbons (Fsp3) is 0.417. The van der Waals surface area contributed by atoms with E-state index in [9.17, 15) is 4.79 Å². The Balaban J connectivity index is 2.74. The lowest BCUT2D eigenvalue weighted by atomic mass is 10.2. The van der Waals surface area contributed by atoms with E-state index in [-0.39, 0.29) is 6.23 Å². The Morgan fingerprint density at radius 1 is 1.47 bits per heavy atom. The number of nitrogens with zero attached hydrogens (tertiary/aromatic N) is 1. The first-order valence-electron chi connectivity index (χ1n) is 5.05. The normalized spacial score (nSPS) is 12.5. The second-order valence-electron chi connectivity index (χ2n) is 3.63. The van der Waals surface area contributed by atoms with Crippen molar-refractivity contribution in [3.8, 4) is 5.75 Å². The number of carbonyl (C=O) groups excluding carboxylic acids is 1. The first-order chi connectivity index (χ1) is 7.17. The average molecular weight is 207 g/mol. The van der Waals surface area contributed by atoms with E-state index in [0.29, 0.717) is 5.56 Å². The second-order valence-corrected chi connectivity index (χ2v) is 3.63. The van der Waals surface area contributed by atoms with Gasteiger partial charge in [-0.1, -0.05) is 19.1 Å². The molecule has 1 atom stereocenters. The lowest BCUT2D eigenvalue weighted by molar-refractivity contribution is 0.0611. The van der Waals surface area contributed by atoms with Crippen molar-refractivity contribution in [3.63, 3.8) is 0 Å². The Kier molecular flexibility index (Phi) is 4.31. The van der Waals surface area contributed by atoms with Gasteiger partial charge in [0.1, 0.15) is 12.0 Å². The molecule has 3 nitrogen and oxygen atoms in total. The predicted molar refractivity (Wildman–Crippen MR) is 60.2 cm³/mol. The third-order valence-electron chi connectivity index (χ3n) is 2.19. The van der Waals surface area contributed by atoms with Gasteiger partial charge in [0.2, 0.25) is 0 Å². The van der Waals surface area contributed by atoms with Crippen molar-refractivity contribution in [2.45, 2.75) is 19.6 Å². The fourth-order valence-corrected chi connectivity index (χ4v) is 1.37. The zero-order valence-corrected chi connectivity index (χ0v) is 9.43. The Hall–Kier alpha value is -1.35. The molecule has 1 aromatic carbocycles. The standard InChI is InChI=1S/C12H17NO2/c1-4-12(13(2)3)15-11-7-5-6-10(8-11)9-14/h5-9,12H,4H2,1-3H3. The summed E-state index contributed by atoms with van der Waals surface area (Å²) in [5.74, 6) is 0.736. The van der Waals surface area contributed by atoms with E-state index in [2.05, 4.69) is 6.92 Å². The van der Waals surface area contributed by atoms with Crippen LogP contribution in [-0.2, 0) is 0 Å². The molecule has 1 aromatic rings. The van der Waals surface area contributed by atoms with Gasteiger partial charge in [0.15, 0.2) is 6.23 Å². The first kappa shape index (κ1) is 11.7. The zero-order chi connectivity index (χ0) is 11.3. The van der Waals surface area contributed by atoms with Crippen molar-refractivity contribution in [3.05, 3.63) is 29.8 Å². The van der Waals surface area contributed by atoms with Crippen molar-refractivity contribution in [2.75, 3.05) is 14.1 Å². The van der Waals surface area contributed by atoms with E-state index in [1.807, 2.05) is 31.1 Å². The summed E-state index contributed by atoms with van der Waals surface area (Å²) >= 11 is 0. The quantitative estimate of drug-likeness (QED) is 0.547. The SMILES string of the molecule is CCC(Oc1cccc(C=O)c1)N(C)C. The van der Waals surface area contributed by atoms with Crippen molar-refractivity contribution < 1.29 is 9.53 Å². The molecular formula is C12H17NO2. The van der Waals surface area contributed by atoms with Crippen LogP contribution in [0.2, 0.25) is 0 Å². The summed E-state index contributed by atoms with van der Waals surface area (Å²) < 4.78 is 5.73. The number of rotatable bonds is 5. The third kappa shape index (κ3) is 3.36. The van der Waals surface area contributed by atoms with E-state index >= 15 is 0 Å². The number of carbonyl (C=O) groups is 1. The third-order valence-corrected chi connectivity index (χ3v) is 2.19. The van der Waals surface area contributed by atoms with Gasteiger partial charge in [0.25, 0.3) is 0 Å². The Labute approximate surface area is 90.7 Å². The van der Waals surface area contributed by atoms with Crippen LogP contribution < -0.4 is 4.74 Å². The molecule has 0 aliphatic heterocycles. The van der Waals surface area contributed by atoms with Crippen LogP contribution in [0.1, 0.15) is 23.7 Å². The second kappa shape index (κ2) is 5.51. The summed E-state index contributed by atoms with van der Waals surface area (Å²) in [4.78, 5) is 12.6. The van der Waals surface area contributed by atoms with Crippen molar-refractivity contribution in [1.82, 2.24) is 4.90 Å². The molecule has 0 radical (unpaired) electrons. The van der Waals surface area contributed by atoms with Gasteiger partial charge in [-0.25, -0.2) is 0 Å². The van der Waals surface area contributed by atoms with E-state index in [1.165, 1.54) is 0 Å². The van der Waals surface area contributed by atoms with Gasteiger partial charge in [0.05, 0.1) is 0 Å². The molecule has 0 saturated heterocycles. The van der Waals surface area contributed by atoms with Crippen LogP contribution in [0.25, 0.3) is 0 Å². The fourth-order valence-electron chi connectivity index (χ4n) is 1.37. The van der Waals surface area contributed by atoms with Crippen molar-refractivity contribution >= 4 is 6.29 Å². The highest BCUT2D eigenvalue weighted by Crippen LogP contribution is 2.15. The molecule has 0 bridgehead atoms. The summed E-state index contributed by atoms with van der Waals surface area (Å²) in [7, 11) is 3.94. The maximum Gasteiger partial charge on any atom is 0.151 e. The monoisotopic (exact) mass is 207 g/mol. The molecule has 1 unspecified atom stereocenters. The van der Waals surface area contributed by atoms with Crippen molar-refractivity contribution in [1.29, 1.82) is 0 Å². The molecular weight excluding hydrogens is 190 g/mol. The highest BCUT2D eigenvalue weighted by molar-refractivity contribution is 5.75. The Bertz CT molecular complexity index is 323. The largest absolute Gasteiger partial charge is 0.475 e. The van der Waals surface area contributed by atoms with Crippen LogP contribution in [-0.4, -0.2) is 31.5 Å². The van der Waals surface area contributed by atoms with E-state index in [4.69, 9.17) is 4.74 Å². The minimum atomic E-state index is 0.0481. The van der Waals surface area contributed by atoms with E-state index < -0.39 is 0 Å². The molecule has 0 spiro atoms. The van der Waals surface area contributed by atoms with Gasteiger partial charge in [-0.05, 0) is 32.6 Å². The summed E-state index contributed by atoms with van der Waals surface area (Å²) in [6.45, 7) is 2.06. The maximum absolute atomic E-state index is 10.6. The van der Waals surface area contributed by atoms with Gasteiger partial charge in [-0.2, -0.15) is 0 Å². The molecule has 82 valence electrons. The Morgan fingerprint density at radius 2 is 2.20 bits per heavy atom. The minimum absolute atomic E-state index is 0.0481. The highest BCUT2D eigenvalue weighted by atomic mass is 16.5. The van der Waals surface area contributed by atoms with Gasteiger partial charge in [0, 0.05) is 5.56 Å². The van der Waals surface area contributed by atoms with Gasteiger partial charge in [-0.3, -0.25) is 9.69 Å². The minimum Gasteiger partial charge on any atom is -0.475 e.